The topological polar surface area (TPSA) is 37.4 Å². The van der Waals surface area contributed by atoms with Crippen molar-refractivity contribution in [3.63, 3.8) is 0 Å². The molecule has 0 bridgehead atoms. The van der Waals surface area contributed by atoms with Crippen LogP contribution in [0.5, 0.6) is 0 Å². The molecule has 3 nitrogen and oxygen atoms in total. The molecule has 1 aromatic rings. The van der Waals surface area contributed by atoms with Gasteiger partial charge < -0.3 is 0 Å². The van der Waals surface area contributed by atoms with Crippen molar-refractivity contribution in [2.45, 2.75) is 25.2 Å². The predicted molar refractivity (Wildman–Crippen MR) is 69.0 cm³/mol. The Kier molecular flexibility index (Phi) is 4.52. The highest BCUT2D eigenvalue weighted by atomic mass is 79.9. The van der Waals surface area contributed by atoms with Crippen molar-refractivity contribution in [2.75, 3.05) is 13.6 Å². The first-order valence-corrected chi connectivity index (χ1v) is 7.35. The zero-order chi connectivity index (χ0) is 12.3. The summed E-state index contributed by atoms with van der Waals surface area (Å²) < 4.78 is 26.3. The Morgan fingerprint density at radius 2 is 2.00 bits per heavy atom. The lowest BCUT2D eigenvalue weighted by Gasteiger charge is -2.17. The van der Waals surface area contributed by atoms with E-state index in [2.05, 4.69) is 15.9 Å². The lowest BCUT2D eigenvalue weighted by Crippen LogP contribution is -2.27. The molecule has 0 saturated heterocycles. The SMILES string of the molecule is CCCN(C)S(=O)(=O)c1ccc(C)cc1Br. The normalized spacial score (nSPS) is 12.1. The number of benzene rings is 1. The molecular weight excluding hydrogens is 290 g/mol. The van der Waals surface area contributed by atoms with Gasteiger partial charge in [0.2, 0.25) is 10.0 Å². The van der Waals surface area contributed by atoms with E-state index in [4.69, 9.17) is 0 Å². The summed E-state index contributed by atoms with van der Waals surface area (Å²) in [7, 11) is -1.76. The monoisotopic (exact) mass is 305 g/mol. The smallest absolute Gasteiger partial charge is 0.207 e. The van der Waals surface area contributed by atoms with Crippen LogP contribution in [0, 0.1) is 6.92 Å². The first-order valence-electron chi connectivity index (χ1n) is 5.12. The molecule has 0 aromatic heterocycles. The maximum atomic E-state index is 12.2. The van der Waals surface area contributed by atoms with E-state index in [0.717, 1.165) is 12.0 Å². The van der Waals surface area contributed by atoms with Crippen molar-refractivity contribution >= 4 is 26.0 Å². The molecule has 0 saturated carbocycles. The fourth-order valence-electron chi connectivity index (χ4n) is 1.42. The van der Waals surface area contributed by atoms with Gasteiger partial charge in [-0.15, -0.1) is 0 Å². The van der Waals surface area contributed by atoms with Gasteiger partial charge in [-0.1, -0.05) is 13.0 Å². The summed E-state index contributed by atoms with van der Waals surface area (Å²) in [5.41, 5.74) is 1.03. The molecule has 0 atom stereocenters. The predicted octanol–water partition coefficient (Wildman–Crippen LogP) is 2.79. The molecule has 0 unspecified atom stereocenters. The standard InChI is InChI=1S/C11H16BrNO2S/c1-4-7-13(3)16(14,15)11-6-5-9(2)8-10(11)12/h5-6,8H,4,7H2,1-3H3. The molecule has 0 fully saturated rings. The maximum Gasteiger partial charge on any atom is 0.243 e. The minimum Gasteiger partial charge on any atom is -0.207 e. The van der Waals surface area contributed by atoms with Crippen LogP contribution in [0.25, 0.3) is 0 Å². The molecule has 1 aromatic carbocycles. The van der Waals surface area contributed by atoms with Gasteiger partial charge in [-0.3, -0.25) is 0 Å². The van der Waals surface area contributed by atoms with E-state index >= 15 is 0 Å². The second kappa shape index (κ2) is 5.29. The summed E-state index contributed by atoms with van der Waals surface area (Å²) in [4.78, 5) is 0.328. The molecule has 0 amide bonds. The minimum atomic E-state index is -3.36. The molecule has 0 heterocycles. The summed E-state index contributed by atoms with van der Waals surface area (Å²) in [6.07, 6.45) is 0.805. The molecule has 90 valence electrons. The van der Waals surface area contributed by atoms with Crippen LogP contribution in [-0.2, 0) is 10.0 Å². The van der Waals surface area contributed by atoms with Crippen LogP contribution in [0.3, 0.4) is 0 Å². The zero-order valence-electron chi connectivity index (χ0n) is 9.70. The van der Waals surface area contributed by atoms with Gasteiger partial charge in [0.1, 0.15) is 0 Å². The molecule has 0 N–H and O–H groups in total. The van der Waals surface area contributed by atoms with Crippen molar-refractivity contribution in [3.05, 3.63) is 28.2 Å². The maximum absolute atomic E-state index is 12.2. The molecular formula is C11H16BrNO2S. The van der Waals surface area contributed by atoms with E-state index in [-0.39, 0.29) is 0 Å². The van der Waals surface area contributed by atoms with Crippen LogP contribution in [0.4, 0.5) is 0 Å². The summed E-state index contributed by atoms with van der Waals surface area (Å²) in [6, 6.07) is 5.25. The lowest BCUT2D eigenvalue weighted by molar-refractivity contribution is 0.468. The number of sulfonamides is 1. The van der Waals surface area contributed by atoms with Crippen LogP contribution in [0.15, 0.2) is 27.6 Å². The van der Waals surface area contributed by atoms with Crippen LogP contribution >= 0.6 is 15.9 Å². The van der Waals surface area contributed by atoms with Crippen molar-refractivity contribution in [1.82, 2.24) is 4.31 Å². The minimum absolute atomic E-state index is 0.328. The van der Waals surface area contributed by atoms with Crippen molar-refractivity contribution in [2.24, 2.45) is 0 Å². The van der Waals surface area contributed by atoms with E-state index in [9.17, 15) is 8.42 Å². The first-order chi connectivity index (χ1) is 7.39. The fourth-order valence-corrected chi connectivity index (χ4v) is 3.83. The summed E-state index contributed by atoms with van der Waals surface area (Å²) in [5, 5.41) is 0. The Bertz CT molecular complexity index is 471. The number of hydrogen-bond acceptors (Lipinski definition) is 2. The average molecular weight is 306 g/mol. The third kappa shape index (κ3) is 2.84. The Morgan fingerprint density at radius 3 is 2.50 bits per heavy atom. The van der Waals surface area contributed by atoms with Crippen LogP contribution in [0.1, 0.15) is 18.9 Å². The quantitative estimate of drug-likeness (QED) is 0.858. The summed E-state index contributed by atoms with van der Waals surface area (Å²) in [5.74, 6) is 0. The molecule has 0 radical (unpaired) electrons. The Balaban J connectivity index is 3.17. The van der Waals surface area contributed by atoms with Gasteiger partial charge in [0, 0.05) is 18.1 Å². The van der Waals surface area contributed by atoms with Gasteiger partial charge in [0.25, 0.3) is 0 Å². The van der Waals surface area contributed by atoms with E-state index in [1.807, 2.05) is 19.9 Å². The van der Waals surface area contributed by atoms with Gasteiger partial charge in [0.05, 0.1) is 4.90 Å². The van der Waals surface area contributed by atoms with Gasteiger partial charge in [0.15, 0.2) is 0 Å². The largest absolute Gasteiger partial charge is 0.243 e. The average Bonchev–Trinajstić information content (AvgIpc) is 2.17. The second-order valence-corrected chi connectivity index (χ2v) is 6.63. The molecule has 0 aliphatic carbocycles. The molecule has 5 heteroatoms. The van der Waals surface area contributed by atoms with E-state index < -0.39 is 10.0 Å². The number of rotatable bonds is 4. The van der Waals surface area contributed by atoms with Crippen LogP contribution in [-0.4, -0.2) is 26.3 Å². The highest BCUT2D eigenvalue weighted by Crippen LogP contribution is 2.25. The van der Waals surface area contributed by atoms with Crippen LogP contribution < -0.4 is 0 Å². The Hall–Kier alpha value is -0.390. The molecule has 0 aliphatic heterocycles. The number of aryl methyl sites for hydroxylation is 1. The van der Waals surface area contributed by atoms with Gasteiger partial charge >= 0.3 is 0 Å². The van der Waals surface area contributed by atoms with Crippen LogP contribution in [0.2, 0.25) is 0 Å². The molecule has 0 spiro atoms. The van der Waals surface area contributed by atoms with Gasteiger partial charge in [-0.2, -0.15) is 0 Å². The van der Waals surface area contributed by atoms with Crippen molar-refractivity contribution in [3.8, 4) is 0 Å². The van der Waals surface area contributed by atoms with Gasteiger partial charge in [-0.25, -0.2) is 12.7 Å². The number of halogens is 1. The lowest BCUT2D eigenvalue weighted by atomic mass is 10.2. The second-order valence-electron chi connectivity index (χ2n) is 3.76. The molecule has 1 rings (SSSR count). The Labute approximate surface area is 106 Å². The highest BCUT2D eigenvalue weighted by Gasteiger charge is 2.22. The first kappa shape index (κ1) is 13.7. The Morgan fingerprint density at radius 1 is 1.38 bits per heavy atom. The number of hydrogen-bond donors (Lipinski definition) is 0. The van der Waals surface area contributed by atoms with E-state index in [1.165, 1.54) is 4.31 Å². The summed E-state index contributed by atoms with van der Waals surface area (Å²) >= 11 is 3.30. The van der Waals surface area contributed by atoms with E-state index in [1.54, 1.807) is 19.2 Å². The van der Waals surface area contributed by atoms with Crippen molar-refractivity contribution < 1.29 is 8.42 Å². The fraction of sp³-hybridized carbons (Fsp3) is 0.455. The molecule has 0 aliphatic rings. The third-order valence-electron chi connectivity index (χ3n) is 2.31. The third-order valence-corrected chi connectivity index (χ3v) is 5.15. The van der Waals surface area contributed by atoms with Gasteiger partial charge in [-0.05, 0) is 47.0 Å². The number of nitrogens with zero attached hydrogens (tertiary/aromatic N) is 1. The van der Waals surface area contributed by atoms with E-state index in [0.29, 0.717) is 15.9 Å². The highest BCUT2D eigenvalue weighted by molar-refractivity contribution is 9.10. The van der Waals surface area contributed by atoms with Crippen molar-refractivity contribution in [1.29, 1.82) is 0 Å². The molecule has 16 heavy (non-hydrogen) atoms. The zero-order valence-corrected chi connectivity index (χ0v) is 12.1. The summed E-state index contributed by atoms with van der Waals surface area (Å²) in [6.45, 7) is 4.41.